The molecule has 10 heteroatoms. The lowest BCUT2D eigenvalue weighted by Gasteiger charge is -2.22. The van der Waals surface area contributed by atoms with E-state index in [1.54, 1.807) is 12.2 Å². The number of rotatable bonds is 6. The van der Waals surface area contributed by atoms with Crippen LogP contribution < -0.4 is 26.6 Å². The molecule has 3 atom stereocenters. The van der Waals surface area contributed by atoms with Crippen molar-refractivity contribution in [3.05, 3.63) is 24.3 Å². The van der Waals surface area contributed by atoms with Crippen LogP contribution in [0.3, 0.4) is 0 Å². The van der Waals surface area contributed by atoms with Crippen LogP contribution in [0.1, 0.15) is 26.2 Å². The molecule has 3 unspecified atom stereocenters. The van der Waals surface area contributed by atoms with Gasteiger partial charge in [-0.1, -0.05) is 24.3 Å². The van der Waals surface area contributed by atoms with E-state index in [1.807, 2.05) is 19.1 Å². The third kappa shape index (κ3) is 9.17. The summed E-state index contributed by atoms with van der Waals surface area (Å²) in [5, 5.41) is 22.1. The van der Waals surface area contributed by atoms with Gasteiger partial charge in [0.05, 0.1) is 0 Å². The molecule has 0 radical (unpaired) electrons. The third-order valence-electron chi connectivity index (χ3n) is 3.95. The molecule has 0 saturated carbocycles. The Morgan fingerprint density at radius 3 is 2.71 bits per heavy atom. The van der Waals surface area contributed by atoms with Crippen LogP contribution in [-0.4, -0.2) is 67.2 Å². The fourth-order valence-corrected chi connectivity index (χ4v) is 2.46. The molecule has 10 nitrogen and oxygen atoms in total. The number of aliphatic carboxylic acids is 1. The summed E-state index contributed by atoms with van der Waals surface area (Å²) in [6.45, 7) is 3.23. The summed E-state index contributed by atoms with van der Waals surface area (Å²) in [5.74, 6) is -2.12. The highest BCUT2D eigenvalue weighted by Crippen LogP contribution is 2.01. The fraction of sp³-hybridized carbons (Fsp3) is 0.556. The lowest BCUT2D eigenvalue weighted by Crippen LogP contribution is -2.55. The first kappa shape index (κ1) is 23.2. The van der Waals surface area contributed by atoms with Gasteiger partial charge in [0.15, 0.2) is 0 Å². The standard InChI is InChI=1S/C18H29N5O5/c1-12-6-5-11-20-10-4-3-7-13(16(26)21-12)22-17(27)14(8-9-15(24)25)23-18(28)19-2/h3,5-7,12-14,20H,4,8-11H2,1-2H3,(H,21,26)(H,22,27)(H,24,25)(H2,19,23,28). The van der Waals surface area contributed by atoms with E-state index in [0.29, 0.717) is 13.0 Å². The smallest absolute Gasteiger partial charge is 0.315 e. The zero-order chi connectivity index (χ0) is 20.9. The number of carbonyl (C=O) groups is 4. The number of nitrogens with one attached hydrogen (secondary N) is 5. The Kier molecular flexibility index (Phi) is 10.3. The first-order chi connectivity index (χ1) is 13.3. The van der Waals surface area contributed by atoms with Crippen molar-refractivity contribution in [1.82, 2.24) is 26.6 Å². The maximum atomic E-state index is 12.6. The molecular formula is C18H29N5O5. The number of hydrogen-bond acceptors (Lipinski definition) is 5. The molecule has 0 spiro atoms. The van der Waals surface area contributed by atoms with Gasteiger partial charge < -0.3 is 31.7 Å². The number of carboxylic acid groups (broad SMARTS) is 1. The minimum atomic E-state index is -1.09. The third-order valence-corrected chi connectivity index (χ3v) is 3.95. The second-order valence-corrected chi connectivity index (χ2v) is 6.34. The maximum absolute atomic E-state index is 12.6. The summed E-state index contributed by atoms with van der Waals surface area (Å²) < 4.78 is 0. The summed E-state index contributed by atoms with van der Waals surface area (Å²) >= 11 is 0. The van der Waals surface area contributed by atoms with Gasteiger partial charge in [-0.2, -0.15) is 0 Å². The first-order valence-corrected chi connectivity index (χ1v) is 9.18. The molecule has 156 valence electrons. The summed E-state index contributed by atoms with van der Waals surface area (Å²) in [6, 6.07) is -2.87. The van der Waals surface area contributed by atoms with Crippen LogP contribution in [0.4, 0.5) is 4.79 Å². The van der Waals surface area contributed by atoms with Gasteiger partial charge in [-0.05, 0) is 26.3 Å². The molecule has 0 bridgehead atoms. The van der Waals surface area contributed by atoms with Crippen molar-refractivity contribution in [2.75, 3.05) is 20.1 Å². The van der Waals surface area contributed by atoms with E-state index in [4.69, 9.17) is 5.11 Å². The zero-order valence-electron chi connectivity index (χ0n) is 16.2. The van der Waals surface area contributed by atoms with Crippen molar-refractivity contribution in [3.8, 4) is 0 Å². The number of urea groups is 1. The molecule has 0 aliphatic carbocycles. The molecule has 0 aromatic carbocycles. The lowest BCUT2D eigenvalue weighted by atomic mass is 10.1. The summed E-state index contributed by atoms with van der Waals surface area (Å²) in [4.78, 5) is 47.5. The Morgan fingerprint density at radius 2 is 2.04 bits per heavy atom. The Morgan fingerprint density at radius 1 is 1.29 bits per heavy atom. The van der Waals surface area contributed by atoms with Gasteiger partial charge in [0.25, 0.3) is 0 Å². The molecule has 0 aromatic rings. The van der Waals surface area contributed by atoms with Crippen LogP contribution in [-0.2, 0) is 14.4 Å². The fourth-order valence-electron chi connectivity index (χ4n) is 2.46. The highest BCUT2D eigenvalue weighted by Gasteiger charge is 2.26. The van der Waals surface area contributed by atoms with Crippen molar-refractivity contribution in [2.45, 2.75) is 44.3 Å². The Labute approximate surface area is 164 Å². The van der Waals surface area contributed by atoms with E-state index in [-0.39, 0.29) is 18.9 Å². The zero-order valence-corrected chi connectivity index (χ0v) is 16.2. The number of carboxylic acids is 1. The normalized spacial score (nSPS) is 21.4. The Balaban J connectivity index is 2.87. The second-order valence-electron chi connectivity index (χ2n) is 6.34. The summed E-state index contributed by atoms with van der Waals surface area (Å²) in [7, 11) is 1.38. The molecular weight excluding hydrogens is 366 g/mol. The first-order valence-electron chi connectivity index (χ1n) is 9.18. The minimum Gasteiger partial charge on any atom is -0.481 e. The molecule has 1 aliphatic heterocycles. The largest absolute Gasteiger partial charge is 0.481 e. The van der Waals surface area contributed by atoms with Gasteiger partial charge in [-0.25, -0.2) is 4.79 Å². The highest BCUT2D eigenvalue weighted by atomic mass is 16.4. The molecule has 1 aliphatic rings. The van der Waals surface area contributed by atoms with Crippen molar-refractivity contribution in [1.29, 1.82) is 0 Å². The average molecular weight is 395 g/mol. The van der Waals surface area contributed by atoms with E-state index in [0.717, 1.165) is 6.54 Å². The Hall–Kier alpha value is -2.88. The monoisotopic (exact) mass is 395 g/mol. The van der Waals surface area contributed by atoms with E-state index in [1.165, 1.54) is 7.05 Å². The van der Waals surface area contributed by atoms with Gasteiger partial charge in [0.1, 0.15) is 12.1 Å². The van der Waals surface area contributed by atoms with Crippen LogP contribution in [0.25, 0.3) is 0 Å². The number of amides is 4. The maximum Gasteiger partial charge on any atom is 0.315 e. The van der Waals surface area contributed by atoms with Gasteiger partial charge >= 0.3 is 12.0 Å². The molecule has 0 aromatic heterocycles. The van der Waals surface area contributed by atoms with Crippen LogP contribution in [0.5, 0.6) is 0 Å². The average Bonchev–Trinajstić information content (AvgIpc) is 2.64. The van der Waals surface area contributed by atoms with Gasteiger partial charge in [-0.15, -0.1) is 0 Å². The minimum absolute atomic E-state index is 0.101. The molecule has 0 fully saturated rings. The van der Waals surface area contributed by atoms with E-state index in [2.05, 4.69) is 26.6 Å². The van der Waals surface area contributed by atoms with Crippen LogP contribution in [0, 0.1) is 0 Å². The van der Waals surface area contributed by atoms with Crippen LogP contribution >= 0.6 is 0 Å². The number of hydrogen-bond donors (Lipinski definition) is 6. The number of carbonyl (C=O) groups excluding carboxylic acids is 3. The summed E-state index contributed by atoms with van der Waals surface area (Å²) in [6.07, 6.45) is 7.39. The van der Waals surface area contributed by atoms with Crippen LogP contribution in [0.15, 0.2) is 24.3 Å². The van der Waals surface area contributed by atoms with Crippen molar-refractivity contribution < 1.29 is 24.3 Å². The van der Waals surface area contributed by atoms with Crippen molar-refractivity contribution in [3.63, 3.8) is 0 Å². The molecule has 4 amide bonds. The highest BCUT2D eigenvalue weighted by molar-refractivity contribution is 5.93. The van der Waals surface area contributed by atoms with E-state index in [9.17, 15) is 19.2 Å². The van der Waals surface area contributed by atoms with Crippen LogP contribution in [0.2, 0.25) is 0 Å². The predicted molar refractivity (Wildman–Crippen MR) is 104 cm³/mol. The lowest BCUT2D eigenvalue weighted by molar-refractivity contribution is -0.137. The van der Waals surface area contributed by atoms with Gasteiger partial charge in [0, 0.05) is 26.1 Å². The quantitative estimate of drug-likeness (QED) is 0.326. The summed E-state index contributed by atoms with van der Waals surface area (Å²) in [5.41, 5.74) is 0. The van der Waals surface area contributed by atoms with Crippen molar-refractivity contribution >= 4 is 23.8 Å². The van der Waals surface area contributed by atoms with Gasteiger partial charge in [0.2, 0.25) is 11.8 Å². The topological polar surface area (TPSA) is 149 Å². The molecule has 1 heterocycles. The molecule has 6 N–H and O–H groups in total. The molecule has 0 saturated heterocycles. The second kappa shape index (κ2) is 12.5. The SMILES string of the molecule is CNC(=O)NC(CCC(=O)O)C(=O)NC1C=CCCNCC=CC(C)NC1=O. The van der Waals surface area contributed by atoms with Gasteiger partial charge in [-0.3, -0.25) is 14.4 Å². The molecule has 1 rings (SSSR count). The predicted octanol–water partition coefficient (Wildman–Crippen LogP) is -0.756. The molecule has 28 heavy (non-hydrogen) atoms. The van der Waals surface area contributed by atoms with E-state index < -0.39 is 35.9 Å². The van der Waals surface area contributed by atoms with E-state index >= 15 is 0 Å². The Bertz CT molecular complexity index is 619. The van der Waals surface area contributed by atoms with Crippen molar-refractivity contribution in [2.24, 2.45) is 0 Å².